The van der Waals surface area contributed by atoms with Gasteiger partial charge in [-0.05, 0) is 91.2 Å². The Morgan fingerprint density at radius 1 is 0.872 bits per heavy atom. The summed E-state index contributed by atoms with van der Waals surface area (Å²) in [6.45, 7) is 12.6. The number of carbonyl (C=O) groups excluding carboxylic acids is 2. The minimum absolute atomic E-state index is 0.0197. The largest absolute Gasteiger partial charge is 0.368 e. The van der Waals surface area contributed by atoms with E-state index >= 15 is 0 Å². The highest BCUT2D eigenvalue weighted by Crippen LogP contribution is 2.33. The Balaban J connectivity index is 1.14. The van der Waals surface area contributed by atoms with Crippen molar-refractivity contribution in [2.24, 2.45) is 0 Å². The smallest absolute Gasteiger partial charge is 0.245 e. The van der Waals surface area contributed by atoms with E-state index in [9.17, 15) is 9.59 Å². The summed E-state index contributed by atoms with van der Waals surface area (Å²) in [7, 11) is 0. The molecule has 2 amide bonds. The van der Waals surface area contributed by atoms with Crippen LogP contribution in [-0.2, 0) is 41.7 Å². The Kier molecular flexibility index (Phi) is 10.9. The van der Waals surface area contributed by atoms with Crippen molar-refractivity contribution in [2.45, 2.75) is 83.8 Å². The minimum atomic E-state index is -0.598. The summed E-state index contributed by atoms with van der Waals surface area (Å²) < 4.78 is 0. The number of rotatable bonds is 11. The lowest BCUT2D eigenvalue weighted by Gasteiger charge is -2.40. The van der Waals surface area contributed by atoms with Gasteiger partial charge < -0.3 is 25.3 Å². The quantitative estimate of drug-likeness (QED) is 0.307. The third-order valence-corrected chi connectivity index (χ3v) is 10.8. The van der Waals surface area contributed by atoms with Gasteiger partial charge in [-0.1, -0.05) is 81.4 Å². The molecule has 2 heterocycles. The Morgan fingerprint density at radius 2 is 1.60 bits per heavy atom. The van der Waals surface area contributed by atoms with Gasteiger partial charge in [0.15, 0.2) is 0 Å². The molecule has 1 saturated heterocycles. The summed E-state index contributed by atoms with van der Waals surface area (Å²) in [5, 5.41) is 6.72. The van der Waals surface area contributed by atoms with Crippen molar-refractivity contribution < 1.29 is 9.59 Å². The number of benzene rings is 3. The average molecular weight is 636 g/mol. The van der Waals surface area contributed by atoms with Crippen molar-refractivity contribution in [3.8, 4) is 0 Å². The molecule has 6 rings (SSSR count). The molecule has 2 unspecified atom stereocenters. The Hall–Kier alpha value is -3.68. The van der Waals surface area contributed by atoms with Crippen molar-refractivity contribution in [1.29, 1.82) is 0 Å². The number of carbonyl (C=O) groups is 2. The predicted octanol–water partition coefficient (Wildman–Crippen LogP) is 5.10. The molecule has 1 aliphatic carbocycles. The highest BCUT2D eigenvalue weighted by atomic mass is 16.2. The summed E-state index contributed by atoms with van der Waals surface area (Å²) in [5.74, 6) is -0.0636. The van der Waals surface area contributed by atoms with Gasteiger partial charge in [0.2, 0.25) is 11.8 Å². The fourth-order valence-electron chi connectivity index (χ4n) is 8.05. The lowest BCUT2D eigenvalue weighted by Crippen LogP contribution is -2.56. The molecule has 47 heavy (non-hydrogen) atoms. The van der Waals surface area contributed by atoms with E-state index in [-0.39, 0.29) is 17.9 Å². The van der Waals surface area contributed by atoms with Gasteiger partial charge in [0, 0.05) is 56.8 Å². The molecule has 0 spiro atoms. The van der Waals surface area contributed by atoms with E-state index in [1.165, 1.54) is 39.9 Å². The number of fused-ring (bicyclic) bond motifs is 2. The van der Waals surface area contributed by atoms with Crippen LogP contribution in [0.1, 0.15) is 73.0 Å². The number of hydrogen-bond donors (Lipinski definition) is 2. The monoisotopic (exact) mass is 635 g/mol. The standard InChI is InChI=1S/C40H53N5O2/c1-4-29-14-16-30(17-15-29)26-37(42-39(46)28-36-34-12-8-7-10-32(34)20-21-41-36)40(47)45-24-22-44(23-25-45)38-13-9-11-31-18-19-33(27-35(31)38)43(5-2)6-3/h7-17,33,36-37,41H,4-6,18-28H2,1-3H3,(H,42,46)/t33?,36?,37-/m1/s1. The summed E-state index contributed by atoms with van der Waals surface area (Å²) in [4.78, 5) is 34.8. The van der Waals surface area contributed by atoms with Crippen molar-refractivity contribution >= 4 is 17.5 Å². The number of anilines is 1. The summed E-state index contributed by atoms with van der Waals surface area (Å²) in [6, 6.07) is 23.6. The first-order valence-corrected chi connectivity index (χ1v) is 18.0. The predicted molar refractivity (Wildman–Crippen MR) is 191 cm³/mol. The number of nitrogens with one attached hydrogen (secondary N) is 2. The number of likely N-dealkylation sites (N-methyl/N-ethyl adjacent to an activating group) is 1. The summed E-state index contributed by atoms with van der Waals surface area (Å²) in [6.07, 6.45) is 6.19. The molecule has 0 aromatic heterocycles. The van der Waals surface area contributed by atoms with E-state index in [2.05, 4.69) is 102 Å². The second kappa shape index (κ2) is 15.5. The van der Waals surface area contributed by atoms with Crippen LogP contribution in [0, 0.1) is 0 Å². The van der Waals surface area contributed by atoms with Crippen molar-refractivity contribution in [3.05, 3.63) is 100 Å². The Bertz CT molecular complexity index is 1510. The molecule has 250 valence electrons. The van der Waals surface area contributed by atoms with Crippen LogP contribution in [-0.4, -0.2) is 79.5 Å². The molecule has 2 N–H and O–H groups in total. The average Bonchev–Trinajstić information content (AvgIpc) is 3.12. The van der Waals surface area contributed by atoms with E-state index in [1.54, 1.807) is 0 Å². The zero-order valence-electron chi connectivity index (χ0n) is 28.6. The molecule has 3 aromatic carbocycles. The van der Waals surface area contributed by atoms with Gasteiger partial charge in [0.25, 0.3) is 0 Å². The number of piperazine rings is 1. The molecule has 3 atom stereocenters. The maximum atomic E-state index is 14.2. The SMILES string of the molecule is CCc1ccc(C[C@@H](NC(=O)CC2NCCc3ccccc32)C(=O)N2CCN(c3cccc4c3CC(N(CC)CC)CC4)CC2)cc1. The molecule has 2 aliphatic heterocycles. The van der Waals surface area contributed by atoms with Gasteiger partial charge in [-0.2, -0.15) is 0 Å². The van der Waals surface area contributed by atoms with Crippen molar-refractivity contribution in [1.82, 2.24) is 20.4 Å². The fraction of sp³-hybridized carbons (Fsp3) is 0.500. The molecule has 7 heteroatoms. The molecular weight excluding hydrogens is 582 g/mol. The number of amides is 2. The van der Waals surface area contributed by atoms with Crippen LogP contribution in [0.4, 0.5) is 5.69 Å². The molecule has 3 aliphatic rings. The number of nitrogens with zero attached hydrogens (tertiary/aromatic N) is 3. The summed E-state index contributed by atoms with van der Waals surface area (Å²) in [5.41, 5.74) is 9.14. The Labute approximate surface area is 281 Å². The summed E-state index contributed by atoms with van der Waals surface area (Å²) >= 11 is 0. The van der Waals surface area contributed by atoms with Crippen molar-refractivity contribution in [3.63, 3.8) is 0 Å². The number of hydrogen-bond acceptors (Lipinski definition) is 5. The van der Waals surface area contributed by atoms with Crippen molar-refractivity contribution in [2.75, 3.05) is 50.7 Å². The third-order valence-electron chi connectivity index (χ3n) is 10.8. The highest BCUT2D eigenvalue weighted by molar-refractivity contribution is 5.88. The van der Waals surface area contributed by atoms with Crippen LogP contribution in [0.15, 0.2) is 66.7 Å². The molecule has 7 nitrogen and oxygen atoms in total. The van der Waals surface area contributed by atoms with Gasteiger partial charge >= 0.3 is 0 Å². The second-order valence-electron chi connectivity index (χ2n) is 13.5. The minimum Gasteiger partial charge on any atom is -0.368 e. The van der Waals surface area contributed by atoms with Gasteiger partial charge in [0.1, 0.15) is 6.04 Å². The molecule has 0 bridgehead atoms. The van der Waals surface area contributed by atoms with E-state index in [0.29, 0.717) is 32.0 Å². The van der Waals surface area contributed by atoms with Crippen LogP contribution >= 0.6 is 0 Å². The fourth-order valence-corrected chi connectivity index (χ4v) is 8.05. The molecule has 3 aromatic rings. The van der Waals surface area contributed by atoms with Gasteiger partial charge in [-0.3, -0.25) is 9.59 Å². The molecule has 1 fully saturated rings. The normalized spacial score (nSPS) is 20.0. The van der Waals surface area contributed by atoms with Crippen LogP contribution in [0.3, 0.4) is 0 Å². The molecule has 0 radical (unpaired) electrons. The van der Waals surface area contributed by atoms with Crippen LogP contribution < -0.4 is 15.5 Å². The number of aryl methyl sites for hydroxylation is 2. The molecule has 0 saturated carbocycles. The first-order chi connectivity index (χ1) is 23.0. The van der Waals surface area contributed by atoms with Crippen LogP contribution in [0.2, 0.25) is 0 Å². The Morgan fingerprint density at radius 3 is 2.34 bits per heavy atom. The lowest BCUT2D eigenvalue weighted by atomic mass is 9.86. The first kappa shape index (κ1) is 33.2. The van der Waals surface area contributed by atoms with E-state index < -0.39 is 6.04 Å². The second-order valence-corrected chi connectivity index (χ2v) is 13.5. The van der Waals surface area contributed by atoms with Gasteiger partial charge in [-0.15, -0.1) is 0 Å². The van der Waals surface area contributed by atoms with Gasteiger partial charge in [0.05, 0.1) is 0 Å². The van der Waals surface area contributed by atoms with Crippen LogP contribution in [0.5, 0.6) is 0 Å². The lowest BCUT2D eigenvalue weighted by molar-refractivity contribution is -0.136. The van der Waals surface area contributed by atoms with Gasteiger partial charge in [-0.25, -0.2) is 0 Å². The first-order valence-electron chi connectivity index (χ1n) is 18.0. The maximum Gasteiger partial charge on any atom is 0.245 e. The maximum absolute atomic E-state index is 14.2. The third kappa shape index (κ3) is 7.73. The zero-order valence-corrected chi connectivity index (χ0v) is 28.6. The molecular formula is C40H53N5O2. The van der Waals surface area contributed by atoms with E-state index in [1.807, 2.05) is 11.0 Å². The van der Waals surface area contributed by atoms with E-state index in [4.69, 9.17) is 0 Å². The van der Waals surface area contributed by atoms with Crippen LogP contribution in [0.25, 0.3) is 0 Å². The topological polar surface area (TPSA) is 67.9 Å². The zero-order chi connectivity index (χ0) is 32.8. The highest BCUT2D eigenvalue weighted by Gasteiger charge is 2.32. The van der Waals surface area contributed by atoms with E-state index in [0.717, 1.165) is 64.0 Å².